The standard InChI is InChI=1S/C28H25N3O4S/c1-21-11-17-26(18-12-21)36(33,34)31-25-15-13-23(14-16-25)28(32)30-29-19-24-9-5-6-10-27(24)35-20-22-7-3-2-4-8-22/h2-19,31H,20H2,1H3,(H,30,32). The lowest BCUT2D eigenvalue weighted by Crippen LogP contribution is -2.18. The highest BCUT2D eigenvalue weighted by Crippen LogP contribution is 2.19. The number of anilines is 1. The number of ether oxygens (including phenoxy) is 1. The molecule has 8 heteroatoms. The number of hydrogen-bond donors (Lipinski definition) is 2. The summed E-state index contributed by atoms with van der Waals surface area (Å²) in [5.41, 5.74) is 5.89. The number of para-hydroxylation sites is 1. The van der Waals surface area contributed by atoms with Crippen LogP contribution in [0.4, 0.5) is 5.69 Å². The first-order chi connectivity index (χ1) is 17.4. The molecule has 1 amide bonds. The summed E-state index contributed by atoms with van der Waals surface area (Å²) < 4.78 is 33.5. The molecule has 0 atom stereocenters. The molecule has 0 heterocycles. The minimum atomic E-state index is -3.72. The molecule has 0 saturated carbocycles. The summed E-state index contributed by atoms with van der Waals surface area (Å²) in [7, 11) is -3.72. The highest BCUT2D eigenvalue weighted by Gasteiger charge is 2.14. The summed E-state index contributed by atoms with van der Waals surface area (Å²) in [5.74, 6) is 0.214. The third kappa shape index (κ3) is 6.58. The minimum Gasteiger partial charge on any atom is -0.488 e. The van der Waals surface area contributed by atoms with Gasteiger partial charge in [0, 0.05) is 16.8 Å². The quantitative estimate of drug-likeness (QED) is 0.246. The zero-order valence-electron chi connectivity index (χ0n) is 19.6. The fourth-order valence-corrected chi connectivity index (χ4v) is 4.36. The highest BCUT2D eigenvalue weighted by atomic mass is 32.2. The van der Waals surface area contributed by atoms with Crippen LogP contribution in [0.25, 0.3) is 0 Å². The summed E-state index contributed by atoms with van der Waals surface area (Å²) in [5, 5.41) is 4.05. The number of hydrogen-bond acceptors (Lipinski definition) is 5. The first-order valence-corrected chi connectivity index (χ1v) is 12.7. The van der Waals surface area contributed by atoms with Gasteiger partial charge in [-0.25, -0.2) is 13.8 Å². The van der Waals surface area contributed by atoms with E-state index in [0.717, 1.165) is 16.7 Å². The summed E-state index contributed by atoms with van der Waals surface area (Å²) in [6.07, 6.45) is 1.52. The normalized spacial score (nSPS) is 11.2. The number of benzene rings is 4. The fourth-order valence-electron chi connectivity index (χ4n) is 3.30. The van der Waals surface area contributed by atoms with Gasteiger partial charge in [0.15, 0.2) is 0 Å². The molecule has 182 valence electrons. The van der Waals surface area contributed by atoms with Gasteiger partial charge in [-0.05, 0) is 61.0 Å². The van der Waals surface area contributed by atoms with Gasteiger partial charge in [-0.1, -0.05) is 60.2 Å². The van der Waals surface area contributed by atoms with Crippen LogP contribution in [0.15, 0.2) is 113 Å². The largest absolute Gasteiger partial charge is 0.488 e. The lowest BCUT2D eigenvalue weighted by Gasteiger charge is -2.09. The Morgan fingerprint density at radius 2 is 1.53 bits per heavy atom. The van der Waals surface area contributed by atoms with Crippen LogP contribution in [0.1, 0.15) is 27.0 Å². The SMILES string of the molecule is Cc1ccc(S(=O)(=O)Nc2ccc(C(=O)NN=Cc3ccccc3OCc3ccccc3)cc2)cc1. The first kappa shape index (κ1) is 24.7. The Bertz CT molecular complexity index is 1450. The molecular formula is C28H25N3O4S. The van der Waals surface area contributed by atoms with Gasteiger partial charge in [0.05, 0.1) is 11.1 Å². The molecule has 4 rings (SSSR count). The van der Waals surface area contributed by atoms with Gasteiger partial charge in [0.1, 0.15) is 12.4 Å². The summed E-state index contributed by atoms with van der Waals surface area (Å²) in [4.78, 5) is 12.6. The van der Waals surface area contributed by atoms with E-state index in [1.54, 1.807) is 24.3 Å². The first-order valence-electron chi connectivity index (χ1n) is 11.2. The van der Waals surface area contributed by atoms with Gasteiger partial charge in [0.25, 0.3) is 15.9 Å². The Hall–Kier alpha value is -4.43. The van der Waals surface area contributed by atoms with E-state index < -0.39 is 15.9 Å². The monoisotopic (exact) mass is 499 g/mol. The van der Waals surface area contributed by atoms with E-state index in [9.17, 15) is 13.2 Å². The van der Waals surface area contributed by atoms with Crippen molar-refractivity contribution < 1.29 is 17.9 Å². The van der Waals surface area contributed by atoms with Crippen molar-refractivity contribution in [3.63, 3.8) is 0 Å². The molecule has 0 aliphatic carbocycles. The van der Waals surface area contributed by atoms with E-state index in [1.807, 2.05) is 61.5 Å². The molecule has 0 radical (unpaired) electrons. The Balaban J connectivity index is 1.35. The van der Waals surface area contributed by atoms with Crippen LogP contribution < -0.4 is 14.9 Å². The third-order valence-corrected chi connectivity index (χ3v) is 6.65. The number of nitrogens with zero attached hydrogens (tertiary/aromatic N) is 1. The Morgan fingerprint density at radius 1 is 0.861 bits per heavy atom. The molecule has 7 nitrogen and oxygen atoms in total. The average molecular weight is 500 g/mol. The Morgan fingerprint density at radius 3 is 2.25 bits per heavy atom. The van der Waals surface area contributed by atoms with Crippen LogP contribution in [0.5, 0.6) is 5.75 Å². The van der Waals surface area contributed by atoms with Crippen molar-refractivity contribution in [2.75, 3.05) is 4.72 Å². The maximum absolute atomic E-state index is 12.5. The molecule has 0 fully saturated rings. The number of nitrogens with one attached hydrogen (secondary N) is 2. The maximum atomic E-state index is 12.5. The second-order valence-corrected chi connectivity index (χ2v) is 9.69. The van der Waals surface area contributed by atoms with Gasteiger partial charge >= 0.3 is 0 Å². The van der Waals surface area contributed by atoms with E-state index in [0.29, 0.717) is 23.6 Å². The molecule has 0 unspecified atom stereocenters. The topological polar surface area (TPSA) is 96.9 Å². The van der Waals surface area contributed by atoms with E-state index in [2.05, 4.69) is 15.2 Å². The predicted molar refractivity (Wildman–Crippen MR) is 141 cm³/mol. The molecule has 4 aromatic carbocycles. The zero-order chi connectivity index (χ0) is 25.4. The van der Waals surface area contributed by atoms with Gasteiger partial charge in [-0.15, -0.1) is 0 Å². The van der Waals surface area contributed by atoms with Crippen LogP contribution in [0, 0.1) is 6.92 Å². The molecular weight excluding hydrogens is 474 g/mol. The molecule has 2 N–H and O–H groups in total. The number of rotatable bonds is 9. The van der Waals surface area contributed by atoms with Crippen molar-refractivity contribution in [1.29, 1.82) is 0 Å². The maximum Gasteiger partial charge on any atom is 0.271 e. The number of sulfonamides is 1. The van der Waals surface area contributed by atoms with E-state index in [-0.39, 0.29) is 4.90 Å². The van der Waals surface area contributed by atoms with Gasteiger partial charge in [-0.2, -0.15) is 5.10 Å². The third-order valence-electron chi connectivity index (χ3n) is 5.26. The van der Waals surface area contributed by atoms with Crippen molar-refractivity contribution in [3.05, 3.63) is 125 Å². The number of hydrazone groups is 1. The number of carbonyl (C=O) groups is 1. The van der Waals surface area contributed by atoms with Crippen LogP contribution in [0.2, 0.25) is 0 Å². The van der Waals surface area contributed by atoms with Gasteiger partial charge in [0.2, 0.25) is 0 Å². The predicted octanol–water partition coefficient (Wildman–Crippen LogP) is 5.14. The van der Waals surface area contributed by atoms with Crippen molar-refractivity contribution in [1.82, 2.24) is 5.43 Å². The zero-order valence-corrected chi connectivity index (χ0v) is 20.4. The van der Waals surface area contributed by atoms with Crippen molar-refractivity contribution in [2.24, 2.45) is 5.10 Å². The van der Waals surface area contributed by atoms with Crippen molar-refractivity contribution in [2.45, 2.75) is 18.4 Å². The molecule has 0 aliphatic rings. The van der Waals surface area contributed by atoms with Crippen molar-refractivity contribution in [3.8, 4) is 5.75 Å². The van der Waals surface area contributed by atoms with Gasteiger partial charge < -0.3 is 4.74 Å². The van der Waals surface area contributed by atoms with Crippen molar-refractivity contribution >= 4 is 27.8 Å². The van der Waals surface area contributed by atoms with Crippen LogP contribution in [-0.2, 0) is 16.6 Å². The van der Waals surface area contributed by atoms with Gasteiger partial charge in [-0.3, -0.25) is 9.52 Å². The summed E-state index contributed by atoms with van der Waals surface area (Å²) in [6.45, 7) is 2.30. The van der Waals surface area contributed by atoms with E-state index >= 15 is 0 Å². The van der Waals surface area contributed by atoms with E-state index in [4.69, 9.17) is 4.74 Å². The molecule has 0 aromatic heterocycles. The Kier molecular flexibility index (Phi) is 7.77. The lowest BCUT2D eigenvalue weighted by atomic mass is 10.2. The smallest absolute Gasteiger partial charge is 0.271 e. The summed E-state index contributed by atoms with van der Waals surface area (Å²) in [6, 6.07) is 29.9. The minimum absolute atomic E-state index is 0.164. The number of amides is 1. The molecule has 0 saturated heterocycles. The highest BCUT2D eigenvalue weighted by molar-refractivity contribution is 7.92. The number of aryl methyl sites for hydroxylation is 1. The van der Waals surface area contributed by atoms with Crippen LogP contribution in [-0.4, -0.2) is 20.5 Å². The molecule has 0 aliphatic heterocycles. The van der Waals surface area contributed by atoms with Crippen LogP contribution >= 0.6 is 0 Å². The second kappa shape index (κ2) is 11.3. The molecule has 0 spiro atoms. The van der Waals surface area contributed by atoms with E-state index in [1.165, 1.54) is 30.5 Å². The van der Waals surface area contributed by atoms with Crippen LogP contribution in [0.3, 0.4) is 0 Å². The molecule has 36 heavy (non-hydrogen) atoms. The summed E-state index contributed by atoms with van der Waals surface area (Å²) >= 11 is 0. The molecule has 0 bridgehead atoms. The fraction of sp³-hybridized carbons (Fsp3) is 0.0714. The average Bonchev–Trinajstić information content (AvgIpc) is 2.89. The lowest BCUT2D eigenvalue weighted by molar-refractivity contribution is 0.0955. The Labute approximate surface area is 210 Å². The number of carbonyl (C=O) groups excluding carboxylic acids is 1. The second-order valence-electron chi connectivity index (χ2n) is 8.01. The molecule has 4 aromatic rings.